The largest absolute Gasteiger partial charge is 0.490 e. The molecule has 1 atom stereocenters. The first kappa shape index (κ1) is 24.5. The van der Waals surface area contributed by atoms with Crippen molar-refractivity contribution in [2.75, 3.05) is 40.4 Å². The third-order valence-electron chi connectivity index (χ3n) is 6.07. The molecule has 1 aliphatic rings. The maximum atomic E-state index is 13.7. The molecule has 0 N–H and O–H groups in total. The first-order valence-electron chi connectivity index (χ1n) is 11.9. The van der Waals surface area contributed by atoms with Gasteiger partial charge in [0, 0.05) is 6.54 Å². The molecule has 2 heterocycles. The Morgan fingerprint density at radius 2 is 1.91 bits per heavy atom. The van der Waals surface area contributed by atoms with Crippen LogP contribution >= 0.6 is 0 Å². The Bertz CT molecular complexity index is 1310. The minimum absolute atomic E-state index is 0.117. The maximum absolute atomic E-state index is 13.7. The molecule has 1 aliphatic heterocycles. The summed E-state index contributed by atoms with van der Waals surface area (Å²) in [7, 11) is 3.99. The van der Waals surface area contributed by atoms with Crippen molar-refractivity contribution in [3.63, 3.8) is 0 Å². The summed E-state index contributed by atoms with van der Waals surface area (Å²) in [6.07, 6.45) is 2.43. The summed E-state index contributed by atoms with van der Waals surface area (Å²) >= 11 is 0. The second-order valence-corrected chi connectivity index (χ2v) is 8.97. The summed E-state index contributed by atoms with van der Waals surface area (Å²) in [5.41, 5.74) is 2.35. The fourth-order valence-corrected chi connectivity index (χ4v) is 4.50. The summed E-state index contributed by atoms with van der Waals surface area (Å²) in [5.74, 6) is 0.988. The Kier molecular flexibility index (Phi) is 7.26. The van der Waals surface area contributed by atoms with E-state index in [0.717, 1.165) is 24.1 Å². The van der Waals surface area contributed by atoms with Gasteiger partial charge in [0.15, 0.2) is 16.9 Å². The van der Waals surface area contributed by atoms with Gasteiger partial charge >= 0.3 is 0 Å². The smallest absolute Gasteiger partial charge is 0.290 e. The Morgan fingerprint density at radius 3 is 2.63 bits per heavy atom. The van der Waals surface area contributed by atoms with Crippen molar-refractivity contribution >= 4 is 16.9 Å². The summed E-state index contributed by atoms with van der Waals surface area (Å²) in [6.45, 7) is 9.62. The highest BCUT2D eigenvalue weighted by molar-refractivity contribution is 5.99. The molecule has 0 saturated carbocycles. The predicted octanol–water partition coefficient (Wildman–Crippen LogP) is 4.56. The van der Waals surface area contributed by atoms with Crippen LogP contribution in [0.5, 0.6) is 11.5 Å². The van der Waals surface area contributed by atoms with E-state index in [1.54, 1.807) is 17.0 Å². The van der Waals surface area contributed by atoms with Crippen molar-refractivity contribution in [1.29, 1.82) is 0 Å². The number of ether oxygens (including phenoxy) is 2. The minimum atomic E-state index is -0.575. The SMILES string of the molecule is C=CCOc1ccc(C2c3c(oc4ccc(C)cc4c3=O)C(=O)N2CCCN(C)C)cc1OCC. The molecule has 2 aromatic carbocycles. The van der Waals surface area contributed by atoms with Crippen molar-refractivity contribution in [3.05, 3.63) is 81.7 Å². The lowest BCUT2D eigenvalue weighted by molar-refractivity contribution is 0.0722. The van der Waals surface area contributed by atoms with E-state index >= 15 is 0 Å². The predicted molar refractivity (Wildman–Crippen MR) is 137 cm³/mol. The lowest BCUT2D eigenvalue weighted by atomic mass is 9.97. The molecule has 35 heavy (non-hydrogen) atoms. The molecule has 0 bridgehead atoms. The molecule has 0 aliphatic carbocycles. The number of benzene rings is 2. The number of carbonyl (C=O) groups is 1. The van der Waals surface area contributed by atoms with Crippen LogP contribution in [0.15, 0.2) is 58.3 Å². The van der Waals surface area contributed by atoms with Crippen LogP contribution in [-0.4, -0.2) is 56.1 Å². The van der Waals surface area contributed by atoms with Crippen molar-refractivity contribution < 1.29 is 18.7 Å². The number of amides is 1. The molecule has 184 valence electrons. The second kappa shape index (κ2) is 10.4. The lowest BCUT2D eigenvalue weighted by Crippen LogP contribution is -2.32. The number of hydrogen-bond donors (Lipinski definition) is 0. The maximum Gasteiger partial charge on any atom is 0.290 e. The van der Waals surface area contributed by atoms with Gasteiger partial charge in [0.25, 0.3) is 5.91 Å². The first-order valence-corrected chi connectivity index (χ1v) is 11.9. The van der Waals surface area contributed by atoms with Gasteiger partial charge in [-0.05, 0) is 70.7 Å². The Balaban J connectivity index is 1.87. The monoisotopic (exact) mass is 476 g/mol. The van der Waals surface area contributed by atoms with Crippen LogP contribution in [0.4, 0.5) is 0 Å². The number of carbonyl (C=O) groups excluding carboxylic acids is 1. The molecular weight excluding hydrogens is 444 g/mol. The molecular formula is C28H32N2O5. The average Bonchev–Trinajstić information content (AvgIpc) is 3.10. The van der Waals surface area contributed by atoms with E-state index in [1.807, 2.05) is 58.3 Å². The van der Waals surface area contributed by atoms with Crippen molar-refractivity contribution in [2.24, 2.45) is 0 Å². The van der Waals surface area contributed by atoms with Crippen molar-refractivity contribution in [3.8, 4) is 11.5 Å². The number of aryl methyl sites for hydroxylation is 1. The Hall–Kier alpha value is -3.58. The topological polar surface area (TPSA) is 72.2 Å². The van der Waals surface area contributed by atoms with E-state index in [2.05, 4.69) is 11.5 Å². The van der Waals surface area contributed by atoms with Crippen LogP contribution in [-0.2, 0) is 0 Å². The van der Waals surface area contributed by atoms with E-state index in [4.69, 9.17) is 13.9 Å². The van der Waals surface area contributed by atoms with Gasteiger partial charge in [0.1, 0.15) is 12.2 Å². The van der Waals surface area contributed by atoms with Gasteiger partial charge < -0.3 is 23.7 Å². The zero-order chi connectivity index (χ0) is 25.1. The summed E-state index contributed by atoms with van der Waals surface area (Å²) in [4.78, 5) is 31.1. The van der Waals surface area contributed by atoms with Crippen LogP contribution in [0.3, 0.4) is 0 Å². The Labute approximate surface area is 205 Å². The number of hydrogen-bond acceptors (Lipinski definition) is 6. The molecule has 3 aromatic rings. The van der Waals surface area contributed by atoms with Crippen LogP contribution < -0.4 is 14.9 Å². The van der Waals surface area contributed by atoms with Gasteiger partial charge in [-0.15, -0.1) is 0 Å². The summed E-state index contributed by atoms with van der Waals surface area (Å²) in [5, 5.41) is 0.479. The molecule has 0 radical (unpaired) electrons. The van der Waals surface area contributed by atoms with Crippen molar-refractivity contribution in [1.82, 2.24) is 9.80 Å². The molecule has 7 nitrogen and oxygen atoms in total. The van der Waals surface area contributed by atoms with Gasteiger partial charge in [-0.1, -0.05) is 30.4 Å². The molecule has 7 heteroatoms. The molecule has 4 rings (SSSR count). The molecule has 0 spiro atoms. The van der Waals surface area contributed by atoms with Gasteiger partial charge in [-0.25, -0.2) is 0 Å². The van der Waals surface area contributed by atoms with E-state index in [0.29, 0.717) is 47.8 Å². The van der Waals surface area contributed by atoms with Crippen molar-refractivity contribution in [2.45, 2.75) is 26.3 Å². The third-order valence-corrected chi connectivity index (χ3v) is 6.07. The summed E-state index contributed by atoms with van der Waals surface area (Å²) < 4.78 is 17.6. The molecule has 0 fully saturated rings. The Morgan fingerprint density at radius 1 is 1.11 bits per heavy atom. The van der Waals surface area contributed by atoms with Gasteiger partial charge in [0.05, 0.1) is 23.6 Å². The van der Waals surface area contributed by atoms with Gasteiger partial charge in [-0.2, -0.15) is 0 Å². The molecule has 1 aromatic heterocycles. The third kappa shape index (κ3) is 4.82. The second-order valence-electron chi connectivity index (χ2n) is 8.97. The highest BCUT2D eigenvalue weighted by atomic mass is 16.5. The lowest BCUT2D eigenvalue weighted by Gasteiger charge is -2.26. The van der Waals surface area contributed by atoms with Crippen LogP contribution in [0.25, 0.3) is 11.0 Å². The zero-order valence-corrected chi connectivity index (χ0v) is 20.8. The van der Waals surface area contributed by atoms with Gasteiger partial charge in [-0.3, -0.25) is 9.59 Å². The molecule has 0 saturated heterocycles. The quantitative estimate of drug-likeness (QED) is 0.400. The fraction of sp³-hybridized carbons (Fsp3) is 0.357. The van der Waals surface area contributed by atoms with E-state index < -0.39 is 6.04 Å². The number of nitrogens with zero attached hydrogens (tertiary/aromatic N) is 2. The molecule has 1 amide bonds. The summed E-state index contributed by atoms with van der Waals surface area (Å²) in [6, 6.07) is 10.4. The van der Waals surface area contributed by atoms with E-state index in [-0.39, 0.29) is 17.1 Å². The minimum Gasteiger partial charge on any atom is -0.490 e. The van der Waals surface area contributed by atoms with Crippen LogP contribution in [0.2, 0.25) is 0 Å². The van der Waals surface area contributed by atoms with Gasteiger partial charge in [0.2, 0.25) is 5.76 Å². The van der Waals surface area contributed by atoms with Crippen LogP contribution in [0, 0.1) is 6.92 Å². The average molecular weight is 477 g/mol. The zero-order valence-electron chi connectivity index (χ0n) is 20.8. The number of fused-ring (bicyclic) bond motifs is 2. The fourth-order valence-electron chi connectivity index (χ4n) is 4.50. The first-order chi connectivity index (χ1) is 16.8. The van der Waals surface area contributed by atoms with E-state index in [9.17, 15) is 9.59 Å². The van der Waals surface area contributed by atoms with Crippen LogP contribution in [0.1, 0.15) is 46.6 Å². The number of rotatable bonds is 10. The normalized spacial score (nSPS) is 15.1. The molecule has 1 unspecified atom stereocenters. The highest BCUT2D eigenvalue weighted by Gasteiger charge is 2.42. The standard InChI is InChI=1S/C28H32N2O5/c1-6-15-34-22-12-10-19(17-23(22)33-7-2)25-24-26(31)20-16-18(3)9-11-21(20)35-27(24)28(32)30(25)14-8-13-29(4)5/h6,9-12,16-17,25H,1,7-8,13-15H2,2-5H3. The highest BCUT2D eigenvalue weighted by Crippen LogP contribution is 2.41. The van der Waals surface area contributed by atoms with E-state index in [1.165, 1.54) is 0 Å².